The summed E-state index contributed by atoms with van der Waals surface area (Å²) >= 11 is 0. The number of carbonyl (C=O) groups is 2. The lowest BCUT2D eigenvalue weighted by molar-refractivity contribution is -0.120. The normalized spacial score (nSPS) is 10.5. The Morgan fingerprint density at radius 3 is 2.30 bits per heavy atom. The van der Waals surface area contributed by atoms with Crippen LogP contribution in [0.3, 0.4) is 0 Å². The van der Waals surface area contributed by atoms with Gasteiger partial charge in [-0.3, -0.25) is 9.59 Å². The second-order valence-electron chi connectivity index (χ2n) is 6.51. The number of carbonyl (C=O) groups excluding carboxylic acids is 2. The Hall–Kier alpha value is -3.68. The highest BCUT2D eigenvalue weighted by atomic mass is 16.5. The smallest absolute Gasteiger partial charge is 0.251 e. The topological polar surface area (TPSA) is 90.8 Å². The molecule has 8 heteroatoms. The van der Waals surface area contributed by atoms with Gasteiger partial charge in [-0.05, 0) is 29.7 Å². The number of benzene rings is 2. The van der Waals surface area contributed by atoms with E-state index in [0.717, 1.165) is 10.9 Å². The van der Waals surface area contributed by atoms with Crippen molar-refractivity contribution in [3.63, 3.8) is 0 Å². The Kier molecular flexibility index (Phi) is 6.79. The van der Waals surface area contributed by atoms with Crippen LogP contribution in [0.5, 0.6) is 17.2 Å². The average molecular weight is 411 g/mol. The fraction of sp³-hybridized carbons (Fsp3) is 0.273. The summed E-state index contributed by atoms with van der Waals surface area (Å²) < 4.78 is 17.8. The molecule has 0 saturated heterocycles. The lowest BCUT2D eigenvalue weighted by atomic mass is 10.1. The van der Waals surface area contributed by atoms with E-state index in [1.54, 1.807) is 0 Å². The first-order valence-electron chi connectivity index (χ1n) is 9.46. The Balaban J connectivity index is 1.52. The minimum Gasteiger partial charge on any atom is -0.493 e. The molecular formula is C22H25N3O5. The second-order valence-corrected chi connectivity index (χ2v) is 6.51. The van der Waals surface area contributed by atoms with Gasteiger partial charge in [-0.25, -0.2) is 0 Å². The fourth-order valence-corrected chi connectivity index (χ4v) is 3.19. The predicted octanol–water partition coefficient (Wildman–Crippen LogP) is 2.21. The van der Waals surface area contributed by atoms with Gasteiger partial charge in [-0.1, -0.05) is 18.2 Å². The zero-order valence-electron chi connectivity index (χ0n) is 17.2. The van der Waals surface area contributed by atoms with Crippen molar-refractivity contribution in [3.8, 4) is 17.2 Å². The van der Waals surface area contributed by atoms with Crippen molar-refractivity contribution >= 4 is 22.7 Å². The Labute approximate surface area is 174 Å². The lowest BCUT2D eigenvalue weighted by Gasteiger charge is -2.14. The number of para-hydroxylation sites is 1. The molecule has 158 valence electrons. The standard InChI is InChI=1S/C22H25N3O5/c1-28-18-12-16(13-19(29-2)21(18)30-3)22(27)24-14-20(26)23-9-11-25-10-8-15-6-4-5-7-17(15)25/h4-8,10,12-13H,9,11,14H2,1-3H3,(H,23,26)(H,24,27). The van der Waals surface area contributed by atoms with E-state index in [9.17, 15) is 9.59 Å². The zero-order valence-corrected chi connectivity index (χ0v) is 17.2. The molecule has 0 aliphatic rings. The lowest BCUT2D eigenvalue weighted by Crippen LogP contribution is -2.38. The Morgan fingerprint density at radius 1 is 0.933 bits per heavy atom. The largest absolute Gasteiger partial charge is 0.493 e. The van der Waals surface area contributed by atoms with Gasteiger partial charge in [0.2, 0.25) is 11.7 Å². The molecule has 0 bridgehead atoms. The number of ether oxygens (including phenoxy) is 3. The summed E-state index contributed by atoms with van der Waals surface area (Å²) in [5, 5.41) is 6.57. The van der Waals surface area contributed by atoms with Crippen LogP contribution < -0.4 is 24.8 Å². The molecule has 3 rings (SSSR count). The summed E-state index contributed by atoms with van der Waals surface area (Å²) in [6.45, 7) is 0.958. The molecule has 2 N–H and O–H groups in total. The SMILES string of the molecule is COc1cc(C(=O)NCC(=O)NCCn2ccc3ccccc32)cc(OC)c1OC. The van der Waals surface area contributed by atoms with Crippen LogP contribution >= 0.6 is 0 Å². The Bertz CT molecular complexity index is 1020. The molecular weight excluding hydrogens is 386 g/mol. The summed E-state index contributed by atoms with van der Waals surface area (Å²) in [7, 11) is 4.43. The molecule has 0 fully saturated rings. The summed E-state index contributed by atoms with van der Waals surface area (Å²) in [5.41, 5.74) is 1.42. The first-order valence-corrected chi connectivity index (χ1v) is 9.46. The number of fused-ring (bicyclic) bond motifs is 1. The molecule has 2 aromatic carbocycles. The molecule has 0 unspecified atom stereocenters. The van der Waals surface area contributed by atoms with Gasteiger partial charge in [0.15, 0.2) is 11.5 Å². The van der Waals surface area contributed by atoms with Crippen LogP contribution in [0.15, 0.2) is 48.7 Å². The molecule has 2 amide bonds. The molecule has 3 aromatic rings. The van der Waals surface area contributed by atoms with E-state index < -0.39 is 5.91 Å². The van der Waals surface area contributed by atoms with Crippen LogP contribution in [-0.4, -0.2) is 50.8 Å². The van der Waals surface area contributed by atoms with Gasteiger partial charge in [-0.15, -0.1) is 0 Å². The minimum atomic E-state index is -0.416. The van der Waals surface area contributed by atoms with Gasteiger partial charge < -0.3 is 29.4 Å². The van der Waals surface area contributed by atoms with Crippen molar-refractivity contribution in [2.24, 2.45) is 0 Å². The van der Waals surface area contributed by atoms with Crippen LogP contribution in [0, 0.1) is 0 Å². The molecule has 0 spiro atoms. The van der Waals surface area contributed by atoms with Crippen LogP contribution in [0.4, 0.5) is 0 Å². The van der Waals surface area contributed by atoms with Crippen LogP contribution in [0.1, 0.15) is 10.4 Å². The fourth-order valence-electron chi connectivity index (χ4n) is 3.19. The number of nitrogens with zero attached hydrogens (tertiary/aromatic N) is 1. The second kappa shape index (κ2) is 9.69. The molecule has 1 aromatic heterocycles. The number of nitrogens with one attached hydrogen (secondary N) is 2. The number of hydrogen-bond donors (Lipinski definition) is 2. The van der Waals surface area contributed by atoms with Crippen LogP contribution in [0.2, 0.25) is 0 Å². The van der Waals surface area contributed by atoms with Crippen molar-refractivity contribution in [3.05, 3.63) is 54.2 Å². The maximum atomic E-state index is 12.4. The summed E-state index contributed by atoms with van der Waals surface area (Å²) in [6, 6.07) is 13.2. The summed E-state index contributed by atoms with van der Waals surface area (Å²) in [5.74, 6) is 0.440. The van der Waals surface area contributed by atoms with Gasteiger partial charge in [-0.2, -0.15) is 0 Å². The highest BCUT2D eigenvalue weighted by Gasteiger charge is 2.17. The third-order valence-corrected chi connectivity index (χ3v) is 4.69. The summed E-state index contributed by atoms with van der Waals surface area (Å²) in [4.78, 5) is 24.6. The third kappa shape index (κ3) is 4.65. The van der Waals surface area contributed by atoms with Gasteiger partial charge in [0.05, 0.1) is 27.9 Å². The van der Waals surface area contributed by atoms with Gasteiger partial charge >= 0.3 is 0 Å². The molecule has 0 atom stereocenters. The molecule has 0 aliphatic heterocycles. The monoisotopic (exact) mass is 411 g/mol. The van der Waals surface area contributed by atoms with E-state index in [0.29, 0.717) is 35.9 Å². The third-order valence-electron chi connectivity index (χ3n) is 4.69. The van der Waals surface area contributed by atoms with E-state index in [1.165, 1.54) is 33.5 Å². The van der Waals surface area contributed by atoms with Crippen LogP contribution in [0.25, 0.3) is 10.9 Å². The minimum absolute atomic E-state index is 0.137. The number of methoxy groups -OCH3 is 3. The average Bonchev–Trinajstić information content (AvgIpc) is 3.19. The number of amides is 2. The van der Waals surface area contributed by atoms with E-state index >= 15 is 0 Å². The van der Waals surface area contributed by atoms with Gasteiger partial charge in [0.1, 0.15) is 0 Å². The van der Waals surface area contributed by atoms with Crippen LogP contribution in [-0.2, 0) is 11.3 Å². The molecule has 30 heavy (non-hydrogen) atoms. The predicted molar refractivity (Wildman–Crippen MR) is 113 cm³/mol. The van der Waals surface area contributed by atoms with Crippen molar-refractivity contribution in [2.45, 2.75) is 6.54 Å². The zero-order chi connectivity index (χ0) is 21.5. The Morgan fingerprint density at radius 2 is 1.63 bits per heavy atom. The maximum absolute atomic E-state index is 12.4. The van der Waals surface area contributed by atoms with Gasteiger partial charge in [0.25, 0.3) is 5.91 Å². The van der Waals surface area contributed by atoms with E-state index in [2.05, 4.69) is 15.2 Å². The number of rotatable bonds is 9. The molecule has 1 heterocycles. The number of hydrogen-bond acceptors (Lipinski definition) is 5. The first kappa shape index (κ1) is 21.0. The van der Waals surface area contributed by atoms with Crippen molar-refractivity contribution in [1.29, 1.82) is 0 Å². The molecule has 0 radical (unpaired) electrons. The van der Waals surface area contributed by atoms with Gasteiger partial charge in [0, 0.05) is 30.4 Å². The summed E-state index contributed by atoms with van der Waals surface area (Å²) in [6.07, 6.45) is 1.99. The number of aromatic nitrogens is 1. The molecule has 8 nitrogen and oxygen atoms in total. The highest BCUT2D eigenvalue weighted by molar-refractivity contribution is 5.97. The van der Waals surface area contributed by atoms with E-state index in [1.807, 2.05) is 36.5 Å². The molecule has 0 aliphatic carbocycles. The van der Waals surface area contributed by atoms with Crippen molar-refractivity contribution in [1.82, 2.24) is 15.2 Å². The van der Waals surface area contributed by atoms with Crippen molar-refractivity contribution < 1.29 is 23.8 Å². The first-order chi connectivity index (χ1) is 14.6. The quantitative estimate of drug-likeness (QED) is 0.563. The molecule has 0 saturated carbocycles. The maximum Gasteiger partial charge on any atom is 0.251 e. The van der Waals surface area contributed by atoms with E-state index in [-0.39, 0.29) is 12.5 Å². The van der Waals surface area contributed by atoms with E-state index in [4.69, 9.17) is 14.2 Å². The highest BCUT2D eigenvalue weighted by Crippen LogP contribution is 2.38. The van der Waals surface area contributed by atoms with Crippen molar-refractivity contribution in [2.75, 3.05) is 34.4 Å².